The van der Waals surface area contributed by atoms with Crippen LogP contribution in [0.1, 0.15) is 51.9 Å². The Labute approximate surface area is 114 Å². The minimum Gasteiger partial charge on any atom is -0.352 e. The second-order valence-corrected chi connectivity index (χ2v) is 5.97. The second kappa shape index (κ2) is 5.90. The van der Waals surface area contributed by atoms with Crippen LogP contribution in [-0.4, -0.2) is 41.4 Å². The number of nitrogens with one attached hydrogen (secondary N) is 1. The number of carbonyl (C=O) groups is 2. The molecule has 0 unspecified atom stereocenters. The first-order chi connectivity index (χ1) is 9.01. The van der Waals surface area contributed by atoms with E-state index >= 15 is 0 Å². The summed E-state index contributed by atoms with van der Waals surface area (Å²) in [6.07, 6.45) is 6.54. The summed E-state index contributed by atoms with van der Waals surface area (Å²) in [6.45, 7) is 3.06. The molecule has 1 aliphatic carbocycles. The maximum absolute atomic E-state index is 12.3. The Hall–Kier alpha value is -1.10. The minimum atomic E-state index is -0.657. The van der Waals surface area contributed by atoms with Gasteiger partial charge in [0.2, 0.25) is 11.8 Å². The molecule has 0 spiro atoms. The van der Waals surface area contributed by atoms with E-state index in [4.69, 9.17) is 5.73 Å². The molecule has 0 aromatic heterocycles. The molecule has 2 fully saturated rings. The van der Waals surface area contributed by atoms with Crippen molar-refractivity contribution in [2.75, 3.05) is 13.1 Å². The Kier molecular flexibility index (Phi) is 4.45. The molecule has 0 atom stereocenters. The SMILES string of the molecule is CC(=O)N1CCC(NC(=O)C2(N)CCCCC2)CC1. The van der Waals surface area contributed by atoms with Gasteiger partial charge in [-0.05, 0) is 25.7 Å². The lowest BCUT2D eigenvalue weighted by atomic mass is 9.81. The highest BCUT2D eigenvalue weighted by Gasteiger charge is 2.36. The summed E-state index contributed by atoms with van der Waals surface area (Å²) < 4.78 is 0. The van der Waals surface area contributed by atoms with Crippen molar-refractivity contribution in [1.82, 2.24) is 10.2 Å². The highest BCUT2D eigenvalue weighted by Crippen LogP contribution is 2.26. The van der Waals surface area contributed by atoms with Gasteiger partial charge in [0.05, 0.1) is 5.54 Å². The highest BCUT2D eigenvalue weighted by molar-refractivity contribution is 5.86. The molecule has 0 radical (unpaired) electrons. The molecule has 5 heteroatoms. The summed E-state index contributed by atoms with van der Waals surface area (Å²) in [5.41, 5.74) is 5.56. The average molecular weight is 267 g/mol. The van der Waals surface area contributed by atoms with Gasteiger partial charge in [0.1, 0.15) is 0 Å². The van der Waals surface area contributed by atoms with Gasteiger partial charge in [-0.3, -0.25) is 9.59 Å². The first-order valence-corrected chi connectivity index (χ1v) is 7.37. The van der Waals surface area contributed by atoms with Crippen molar-refractivity contribution in [3.05, 3.63) is 0 Å². The topological polar surface area (TPSA) is 75.4 Å². The van der Waals surface area contributed by atoms with E-state index in [0.29, 0.717) is 0 Å². The predicted octanol–water partition coefficient (Wildman–Crippen LogP) is 0.775. The van der Waals surface area contributed by atoms with Gasteiger partial charge in [-0.25, -0.2) is 0 Å². The van der Waals surface area contributed by atoms with Gasteiger partial charge >= 0.3 is 0 Å². The van der Waals surface area contributed by atoms with Crippen molar-refractivity contribution in [3.63, 3.8) is 0 Å². The van der Waals surface area contributed by atoms with Crippen LogP contribution in [0.25, 0.3) is 0 Å². The highest BCUT2D eigenvalue weighted by atomic mass is 16.2. The van der Waals surface area contributed by atoms with Gasteiger partial charge in [-0.1, -0.05) is 19.3 Å². The van der Waals surface area contributed by atoms with E-state index in [9.17, 15) is 9.59 Å². The Bertz CT molecular complexity index is 343. The zero-order valence-electron chi connectivity index (χ0n) is 11.8. The van der Waals surface area contributed by atoms with Crippen LogP contribution in [0.3, 0.4) is 0 Å². The fourth-order valence-corrected chi connectivity index (χ4v) is 3.08. The van der Waals surface area contributed by atoms with Crippen molar-refractivity contribution in [3.8, 4) is 0 Å². The monoisotopic (exact) mass is 267 g/mol. The number of hydrogen-bond donors (Lipinski definition) is 2. The third-order valence-corrected chi connectivity index (χ3v) is 4.47. The van der Waals surface area contributed by atoms with Gasteiger partial charge in [-0.15, -0.1) is 0 Å². The van der Waals surface area contributed by atoms with E-state index < -0.39 is 5.54 Å². The molecule has 0 aromatic rings. The van der Waals surface area contributed by atoms with Crippen molar-refractivity contribution >= 4 is 11.8 Å². The molecule has 1 aliphatic heterocycles. The molecule has 2 amide bonds. The quantitative estimate of drug-likeness (QED) is 0.776. The standard InChI is InChI=1S/C14H25N3O2/c1-11(18)17-9-5-12(6-10-17)16-13(19)14(15)7-3-2-4-8-14/h12H,2-10,15H2,1H3,(H,16,19). The van der Waals surface area contributed by atoms with Crippen LogP contribution in [-0.2, 0) is 9.59 Å². The number of nitrogens with zero attached hydrogens (tertiary/aromatic N) is 1. The summed E-state index contributed by atoms with van der Waals surface area (Å²) in [5, 5.41) is 3.09. The third-order valence-electron chi connectivity index (χ3n) is 4.47. The van der Waals surface area contributed by atoms with Crippen LogP contribution < -0.4 is 11.1 Å². The maximum Gasteiger partial charge on any atom is 0.240 e. The summed E-state index contributed by atoms with van der Waals surface area (Å²) >= 11 is 0. The van der Waals surface area contributed by atoms with Crippen LogP contribution >= 0.6 is 0 Å². The molecule has 5 nitrogen and oxygen atoms in total. The number of piperidine rings is 1. The average Bonchev–Trinajstić information content (AvgIpc) is 2.40. The zero-order chi connectivity index (χ0) is 13.9. The molecule has 2 rings (SSSR count). The molecule has 1 heterocycles. The fraction of sp³-hybridized carbons (Fsp3) is 0.857. The molecular formula is C14H25N3O2. The minimum absolute atomic E-state index is 0.00785. The zero-order valence-corrected chi connectivity index (χ0v) is 11.8. The van der Waals surface area contributed by atoms with E-state index in [2.05, 4.69) is 5.32 Å². The van der Waals surface area contributed by atoms with Gasteiger partial charge in [0.25, 0.3) is 0 Å². The number of likely N-dealkylation sites (tertiary alicyclic amines) is 1. The second-order valence-electron chi connectivity index (χ2n) is 5.97. The summed E-state index contributed by atoms with van der Waals surface area (Å²) in [4.78, 5) is 25.4. The smallest absolute Gasteiger partial charge is 0.240 e. The Morgan fingerprint density at radius 1 is 1.16 bits per heavy atom. The van der Waals surface area contributed by atoms with E-state index in [-0.39, 0.29) is 17.9 Å². The summed E-state index contributed by atoms with van der Waals surface area (Å²) in [6, 6.07) is 0.172. The molecule has 0 bridgehead atoms. The van der Waals surface area contributed by atoms with Gasteiger partial charge < -0.3 is 16.0 Å². The van der Waals surface area contributed by atoms with Crippen molar-refractivity contribution < 1.29 is 9.59 Å². The van der Waals surface area contributed by atoms with Gasteiger partial charge in [-0.2, -0.15) is 0 Å². The molecule has 1 saturated heterocycles. The normalized spacial score (nSPS) is 24.0. The van der Waals surface area contributed by atoms with Crippen LogP contribution in [0.4, 0.5) is 0 Å². The molecule has 0 aromatic carbocycles. The number of nitrogens with two attached hydrogens (primary N) is 1. The molecule has 19 heavy (non-hydrogen) atoms. The molecule has 2 aliphatic rings. The number of amides is 2. The van der Waals surface area contributed by atoms with Gasteiger partial charge in [0, 0.05) is 26.1 Å². The van der Waals surface area contributed by atoms with Crippen LogP contribution in [0.15, 0.2) is 0 Å². The molecular weight excluding hydrogens is 242 g/mol. The van der Waals surface area contributed by atoms with Crippen molar-refractivity contribution in [1.29, 1.82) is 0 Å². The van der Waals surface area contributed by atoms with Crippen molar-refractivity contribution in [2.45, 2.75) is 63.5 Å². The van der Waals surface area contributed by atoms with Gasteiger partial charge in [0.15, 0.2) is 0 Å². The van der Waals surface area contributed by atoms with Crippen LogP contribution in [0.5, 0.6) is 0 Å². The lowest BCUT2D eigenvalue weighted by Crippen LogP contribution is -2.58. The Morgan fingerprint density at radius 2 is 1.74 bits per heavy atom. The van der Waals surface area contributed by atoms with E-state index in [1.165, 1.54) is 6.42 Å². The summed E-state index contributed by atoms with van der Waals surface area (Å²) in [7, 11) is 0. The Morgan fingerprint density at radius 3 is 2.26 bits per heavy atom. The molecule has 1 saturated carbocycles. The number of hydrogen-bond acceptors (Lipinski definition) is 3. The van der Waals surface area contributed by atoms with Crippen LogP contribution in [0.2, 0.25) is 0 Å². The lowest BCUT2D eigenvalue weighted by Gasteiger charge is -2.36. The van der Waals surface area contributed by atoms with Crippen LogP contribution in [0, 0.1) is 0 Å². The fourth-order valence-electron chi connectivity index (χ4n) is 3.08. The van der Waals surface area contributed by atoms with E-state index in [1.807, 2.05) is 4.90 Å². The number of rotatable bonds is 2. The van der Waals surface area contributed by atoms with E-state index in [0.717, 1.165) is 51.6 Å². The third kappa shape index (κ3) is 3.47. The molecule has 3 N–H and O–H groups in total. The van der Waals surface area contributed by atoms with E-state index in [1.54, 1.807) is 6.92 Å². The lowest BCUT2D eigenvalue weighted by molar-refractivity contribution is -0.130. The largest absolute Gasteiger partial charge is 0.352 e. The Balaban J connectivity index is 1.82. The first kappa shape index (κ1) is 14.3. The van der Waals surface area contributed by atoms with Crippen molar-refractivity contribution in [2.24, 2.45) is 5.73 Å². The molecule has 108 valence electrons. The summed E-state index contributed by atoms with van der Waals surface area (Å²) in [5.74, 6) is 0.126. The maximum atomic E-state index is 12.3. The predicted molar refractivity (Wildman–Crippen MR) is 73.4 cm³/mol. The number of carbonyl (C=O) groups excluding carboxylic acids is 2. The first-order valence-electron chi connectivity index (χ1n) is 7.37.